The Balaban J connectivity index is 2.14. The number of carbonyl (C=O) groups excluding carboxylic acids is 1. The van der Waals surface area contributed by atoms with Crippen LogP contribution in [0.25, 0.3) is 16.6 Å². The molecule has 4 rings (SSSR count). The second-order valence-corrected chi connectivity index (χ2v) is 7.49. The fourth-order valence-corrected chi connectivity index (χ4v) is 4.09. The van der Waals surface area contributed by atoms with E-state index < -0.39 is 33.8 Å². The topological polar surface area (TPSA) is 165 Å². The second-order valence-electron chi connectivity index (χ2n) is 7.49. The minimum Gasteiger partial charge on any atom is -0.478 e. The van der Waals surface area contributed by atoms with Crippen molar-refractivity contribution in [3.63, 3.8) is 0 Å². The number of aromatic carboxylic acids is 2. The third-order valence-electron chi connectivity index (χ3n) is 5.55. The van der Waals surface area contributed by atoms with Crippen molar-refractivity contribution < 1.29 is 29.5 Å². The number of non-ortho nitro benzene ring substituents is 1. The number of hydrogen-bond acceptors (Lipinski definition) is 6. The molecule has 2 aromatic heterocycles. The molecule has 2 heterocycles. The zero-order valence-corrected chi connectivity index (χ0v) is 17.7. The number of nitrogens with zero attached hydrogens (tertiary/aromatic N) is 2. The molecule has 170 valence electrons. The van der Waals surface area contributed by atoms with Crippen LogP contribution in [0.2, 0.25) is 0 Å². The van der Waals surface area contributed by atoms with Gasteiger partial charge in [0.25, 0.3) is 5.69 Å². The van der Waals surface area contributed by atoms with Crippen LogP contribution in [-0.4, -0.2) is 37.3 Å². The maximum absolute atomic E-state index is 13.1. The van der Waals surface area contributed by atoms with Crippen LogP contribution in [0.4, 0.5) is 11.5 Å². The van der Waals surface area contributed by atoms with Crippen LogP contribution in [-0.2, 0) is 0 Å². The molecule has 0 unspecified atom stereocenters. The monoisotopic (exact) mass is 459 g/mol. The van der Waals surface area contributed by atoms with Gasteiger partial charge in [-0.05, 0) is 18.6 Å². The highest BCUT2D eigenvalue weighted by Crippen LogP contribution is 2.38. The molecule has 0 radical (unpaired) electrons. The first-order valence-electron chi connectivity index (χ1n) is 9.92. The van der Waals surface area contributed by atoms with Crippen molar-refractivity contribution in [1.29, 1.82) is 0 Å². The number of rotatable bonds is 6. The number of nitro groups is 1. The third-order valence-corrected chi connectivity index (χ3v) is 5.55. The van der Waals surface area contributed by atoms with Crippen molar-refractivity contribution in [2.45, 2.75) is 6.92 Å². The Kier molecular flexibility index (Phi) is 5.34. The lowest BCUT2D eigenvalue weighted by atomic mass is 9.92. The van der Waals surface area contributed by atoms with Gasteiger partial charge in [-0.25, -0.2) is 9.59 Å². The van der Waals surface area contributed by atoms with Crippen molar-refractivity contribution in [2.24, 2.45) is 0 Å². The number of aryl methyl sites for hydroxylation is 1. The summed E-state index contributed by atoms with van der Waals surface area (Å²) >= 11 is 0. The number of pyridine rings is 1. The lowest BCUT2D eigenvalue weighted by Gasteiger charge is -2.17. The maximum Gasteiger partial charge on any atom is 0.338 e. The molecule has 0 amide bonds. The Hall–Kier alpha value is -4.99. The number of benzene rings is 2. The Morgan fingerprint density at radius 3 is 2.18 bits per heavy atom. The third kappa shape index (κ3) is 3.43. The zero-order valence-electron chi connectivity index (χ0n) is 17.7. The van der Waals surface area contributed by atoms with Gasteiger partial charge in [-0.3, -0.25) is 19.3 Å². The van der Waals surface area contributed by atoms with E-state index in [2.05, 4.69) is 0 Å². The van der Waals surface area contributed by atoms with Crippen LogP contribution in [0, 0.1) is 17.0 Å². The normalized spacial score (nSPS) is 10.9. The van der Waals surface area contributed by atoms with Gasteiger partial charge in [0.05, 0.1) is 27.1 Å². The minimum absolute atomic E-state index is 0.00401. The van der Waals surface area contributed by atoms with Gasteiger partial charge >= 0.3 is 11.9 Å². The molecule has 34 heavy (non-hydrogen) atoms. The number of anilines is 1. The van der Waals surface area contributed by atoms with Crippen LogP contribution in [0.5, 0.6) is 0 Å². The summed E-state index contributed by atoms with van der Waals surface area (Å²) in [5, 5.41) is 31.4. The summed E-state index contributed by atoms with van der Waals surface area (Å²) in [6, 6.07) is 14.5. The highest BCUT2D eigenvalue weighted by atomic mass is 16.6. The molecule has 0 atom stereocenters. The molecule has 0 aliphatic heterocycles. The Morgan fingerprint density at radius 2 is 1.59 bits per heavy atom. The number of carboxylic acids is 2. The van der Waals surface area contributed by atoms with E-state index in [9.17, 15) is 34.7 Å². The molecule has 0 fully saturated rings. The van der Waals surface area contributed by atoms with Crippen LogP contribution >= 0.6 is 0 Å². The number of carbonyl (C=O) groups is 3. The van der Waals surface area contributed by atoms with Gasteiger partial charge < -0.3 is 15.9 Å². The molecule has 2 aromatic carbocycles. The van der Waals surface area contributed by atoms with E-state index in [-0.39, 0.29) is 39.4 Å². The fraction of sp³-hybridized carbons (Fsp3) is 0.0417. The fourth-order valence-electron chi connectivity index (χ4n) is 4.09. The van der Waals surface area contributed by atoms with Gasteiger partial charge in [-0.15, -0.1) is 0 Å². The van der Waals surface area contributed by atoms with E-state index in [1.807, 2.05) is 0 Å². The molecular formula is C24H17N3O7. The van der Waals surface area contributed by atoms with E-state index in [1.54, 1.807) is 30.3 Å². The number of nitrogen functional groups attached to an aromatic ring is 1. The molecule has 4 aromatic rings. The second kappa shape index (κ2) is 8.17. The Labute approximate surface area is 191 Å². The summed E-state index contributed by atoms with van der Waals surface area (Å²) in [5.41, 5.74) is 5.26. The molecule has 0 saturated heterocycles. The smallest absolute Gasteiger partial charge is 0.338 e. The van der Waals surface area contributed by atoms with E-state index in [1.165, 1.54) is 35.6 Å². The summed E-state index contributed by atoms with van der Waals surface area (Å²) in [7, 11) is 0. The van der Waals surface area contributed by atoms with E-state index in [0.717, 1.165) is 6.07 Å². The number of fused-ring (bicyclic) bond motifs is 1. The van der Waals surface area contributed by atoms with Gasteiger partial charge in [0.2, 0.25) is 0 Å². The highest BCUT2D eigenvalue weighted by Gasteiger charge is 2.30. The lowest BCUT2D eigenvalue weighted by Crippen LogP contribution is -2.15. The van der Waals surface area contributed by atoms with Crippen molar-refractivity contribution in [3.05, 3.63) is 98.7 Å². The van der Waals surface area contributed by atoms with E-state index >= 15 is 0 Å². The molecule has 10 nitrogen and oxygen atoms in total. The lowest BCUT2D eigenvalue weighted by molar-refractivity contribution is -0.384. The molecular weight excluding hydrogens is 442 g/mol. The van der Waals surface area contributed by atoms with Gasteiger partial charge in [0, 0.05) is 29.0 Å². The average molecular weight is 459 g/mol. The maximum atomic E-state index is 13.1. The van der Waals surface area contributed by atoms with Crippen molar-refractivity contribution >= 4 is 34.7 Å². The van der Waals surface area contributed by atoms with Crippen LogP contribution in [0.1, 0.15) is 42.3 Å². The summed E-state index contributed by atoms with van der Waals surface area (Å²) in [4.78, 5) is 48.4. The molecule has 4 N–H and O–H groups in total. The number of hydrogen-bond donors (Lipinski definition) is 3. The molecule has 0 spiro atoms. The van der Waals surface area contributed by atoms with Crippen molar-refractivity contribution in [2.75, 3.05) is 5.73 Å². The summed E-state index contributed by atoms with van der Waals surface area (Å²) in [5.74, 6) is -3.51. The predicted molar refractivity (Wildman–Crippen MR) is 122 cm³/mol. The largest absolute Gasteiger partial charge is 0.478 e. The number of aromatic nitrogens is 1. The first kappa shape index (κ1) is 22.2. The molecule has 0 aliphatic carbocycles. The van der Waals surface area contributed by atoms with Crippen molar-refractivity contribution in [1.82, 2.24) is 4.40 Å². The van der Waals surface area contributed by atoms with Gasteiger partial charge in [0.15, 0.2) is 5.78 Å². The van der Waals surface area contributed by atoms with Gasteiger partial charge in [0.1, 0.15) is 5.82 Å². The van der Waals surface area contributed by atoms with Crippen LogP contribution in [0.3, 0.4) is 0 Å². The summed E-state index contributed by atoms with van der Waals surface area (Å²) in [6.45, 7) is 1.43. The Bertz CT molecular complexity index is 1520. The SMILES string of the molecule is Cc1c(C(=O)O)c(-c2cccc([N+](=O)[O-])c2)c(C(=O)O)c2cc(C(=O)c3ccccc3)c(N)n12. The summed E-state index contributed by atoms with van der Waals surface area (Å²) < 4.78 is 1.21. The summed E-state index contributed by atoms with van der Waals surface area (Å²) in [6.07, 6.45) is 0. The van der Waals surface area contributed by atoms with Crippen molar-refractivity contribution in [3.8, 4) is 11.1 Å². The molecule has 10 heteroatoms. The number of nitro benzene ring substituents is 1. The Morgan fingerprint density at radius 1 is 0.941 bits per heavy atom. The number of nitrogens with two attached hydrogens (primary N) is 1. The highest BCUT2D eigenvalue weighted by molar-refractivity contribution is 6.16. The quantitative estimate of drug-likeness (QED) is 0.221. The standard InChI is InChI=1S/C24H17N3O7/c1-12-18(23(29)30)19(14-8-5-9-15(10-14)27(33)34)20(24(31)32)17-11-16(22(25)26(12)17)21(28)13-6-3-2-4-7-13/h2-11H,25H2,1H3,(H,29,30)(H,31,32). The van der Waals surface area contributed by atoms with Crippen LogP contribution in [0.15, 0.2) is 60.7 Å². The molecule has 0 saturated carbocycles. The predicted octanol–water partition coefficient (Wildman–Crippen LogP) is 4.03. The van der Waals surface area contributed by atoms with Crippen LogP contribution < -0.4 is 5.73 Å². The molecule has 0 aliphatic rings. The average Bonchev–Trinajstić information content (AvgIpc) is 3.15. The van der Waals surface area contributed by atoms with Gasteiger partial charge in [-0.1, -0.05) is 42.5 Å². The number of ketones is 1. The minimum atomic E-state index is -1.48. The van der Waals surface area contributed by atoms with Gasteiger partial charge in [-0.2, -0.15) is 0 Å². The zero-order chi connectivity index (χ0) is 24.7. The first-order chi connectivity index (χ1) is 16.1. The number of carboxylic acid groups (broad SMARTS) is 2. The van der Waals surface area contributed by atoms with E-state index in [0.29, 0.717) is 5.56 Å². The van der Waals surface area contributed by atoms with E-state index in [4.69, 9.17) is 5.73 Å². The molecule has 0 bridgehead atoms. The first-order valence-corrected chi connectivity index (χ1v) is 9.92.